The van der Waals surface area contributed by atoms with Gasteiger partial charge in [-0.1, -0.05) is 26.8 Å². The topological polar surface area (TPSA) is 70.2 Å². The highest BCUT2D eigenvalue weighted by Crippen LogP contribution is 2.30. The van der Waals surface area contributed by atoms with Crippen molar-refractivity contribution < 1.29 is 9.59 Å². The van der Waals surface area contributed by atoms with Crippen molar-refractivity contribution in [1.82, 2.24) is 5.32 Å². The molecule has 2 rings (SSSR count). The Morgan fingerprint density at radius 3 is 2.40 bits per heavy atom. The van der Waals surface area contributed by atoms with Crippen LogP contribution in [0, 0.1) is 5.92 Å². The molecule has 0 saturated carbocycles. The van der Waals surface area contributed by atoms with E-state index in [4.69, 9.17) is 0 Å². The van der Waals surface area contributed by atoms with Crippen LogP contribution in [0.4, 0.5) is 11.4 Å². The van der Waals surface area contributed by atoms with Gasteiger partial charge in [0.25, 0.3) is 0 Å². The lowest BCUT2D eigenvalue weighted by Gasteiger charge is -2.23. The van der Waals surface area contributed by atoms with E-state index in [0.29, 0.717) is 17.3 Å². The first kappa shape index (κ1) is 14.5. The largest absolute Gasteiger partial charge is 0.324 e. The second-order valence-corrected chi connectivity index (χ2v) is 5.36. The number of benzene rings is 1. The molecule has 5 heteroatoms. The van der Waals surface area contributed by atoms with E-state index in [1.54, 1.807) is 0 Å². The molecule has 0 aliphatic carbocycles. The number of hydrogen-bond donors (Lipinski definition) is 3. The predicted molar refractivity (Wildman–Crippen MR) is 79.6 cm³/mol. The Labute approximate surface area is 119 Å². The van der Waals surface area contributed by atoms with Gasteiger partial charge in [-0.05, 0) is 30.2 Å². The molecule has 2 amide bonds. The third-order valence-electron chi connectivity index (χ3n) is 3.36. The van der Waals surface area contributed by atoms with Crippen molar-refractivity contribution in [3.8, 4) is 0 Å². The van der Waals surface area contributed by atoms with Crippen LogP contribution in [0.15, 0.2) is 18.2 Å². The third kappa shape index (κ3) is 3.17. The van der Waals surface area contributed by atoms with Crippen molar-refractivity contribution in [3.63, 3.8) is 0 Å². The molecule has 1 aliphatic rings. The number of amides is 2. The minimum Gasteiger partial charge on any atom is -0.324 e. The molecular formula is C15H21N3O2. The lowest BCUT2D eigenvalue weighted by Crippen LogP contribution is -2.25. The molecule has 108 valence electrons. The minimum absolute atomic E-state index is 0.134. The van der Waals surface area contributed by atoms with E-state index >= 15 is 0 Å². The van der Waals surface area contributed by atoms with Gasteiger partial charge in [-0.15, -0.1) is 0 Å². The maximum atomic E-state index is 11.6. The van der Waals surface area contributed by atoms with Gasteiger partial charge in [0, 0.05) is 6.04 Å². The monoisotopic (exact) mass is 275 g/mol. The van der Waals surface area contributed by atoms with E-state index < -0.39 is 0 Å². The van der Waals surface area contributed by atoms with Gasteiger partial charge in [0.15, 0.2) is 0 Å². The van der Waals surface area contributed by atoms with Crippen LogP contribution in [-0.4, -0.2) is 18.4 Å². The summed E-state index contributed by atoms with van der Waals surface area (Å²) in [5, 5.41) is 8.96. The van der Waals surface area contributed by atoms with Crippen LogP contribution in [0.5, 0.6) is 0 Å². The first-order valence-electron chi connectivity index (χ1n) is 6.98. The molecule has 1 aromatic carbocycles. The summed E-state index contributed by atoms with van der Waals surface area (Å²) in [5.74, 6) is -0.117. The maximum absolute atomic E-state index is 11.6. The summed E-state index contributed by atoms with van der Waals surface area (Å²) in [6.07, 6.45) is -0.134. The maximum Gasteiger partial charge on any atom is 0.233 e. The average molecular weight is 275 g/mol. The molecule has 20 heavy (non-hydrogen) atoms. The summed E-state index contributed by atoms with van der Waals surface area (Å²) < 4.78 is 0. The molecule has 1 aromatic rings. The summed E-state index contributed by atoms with van der Waals surface area (Å²) >= 11 is 0. The van der Waals surface area contributed by atoms with Gasteiger partial charge in [0.1, 0.15) is 6.42 Å². The summed E-state index contributed by atoms with van der Waals surface area (Å²) in [4.78, 5) is 23.1. The number of hydrogen-bond acceptors (Lipinski definition) is 3. The van der Waals surface area contributed by atoms with Crippen molar-refractivity contribution >= 4 is 23.2 Å². The SMILES string of the molecule is CCNC(c1ccc2c(c1)NC(=O)CC(=O)N2)C(C)C. The third-order valence-corrected chi connectivity index (χ3v) is 3.36. The van der Waals surface area contributed by atoms with Crippen LogP contribution in [0.25, 0.3) is 0 Å². The second-order valence-electron chi connectivity index (χ2n) is 5.36. The highest BCUT2D eigenvalue weighted by molar-refractivity contribution is 6.13. The summed E-state index contributed by atoms with van der Waals surface area (Å²) in [6.45, 7) is 7.25. The second kappa shape index (κ2) is 6.05. The summed E-state index contributed by atoms with van der Waals surface area (Å²) in [7, 11) is 0. The van der Waals surface area contributed by atoms with Gasteiger partial charge in [0.2, 0.25) is 11.8 Å². The minimum atomic E-state index is -0.277. The van der Waals surface area contributed by atoms with E-state index in [1.807, 2.05) is 18.2 Å². The highest BCUT2D eigenvalue weighted by atomic mass is 16.2. The number of carbonyl (C=O) groups is 2. The van der Waals surface area contributed by atoms with Crippen molar-refractivity contribution in [3.05, 3.63) is 23.8 Å². The Kier molecular flexibility index (Phi) is 4.39. The van der Waals surface area contributed by atoms with Gasteiger partial charge in [-0.25, -0.2) is 0 Å². The van der Waals surface area contributed by atoms with Crippen molar-refractivity contribution in [1.29, 1.82) is 0 Å². The molecule has 0 fully saturated rings. The van der Waals surface area contributed by atoms with Crippen LogP contribution >= 0.6 is 0 Å². The molecule has 1 aliphatic heterocycles. The van der Waals surface area contributed by atoms with Gasteiger partial charge < -0.3 is 16.0 Å². The molecular weight excluding hydrogens is 254 g/mol. The first-order valence-corrected chi connectivity index (χ1v) is 6.98. The Morgan fingerprint density at radius 1 is 1.15 bits per heavy atom. The molecule has 0 bridgehead atoms. The molecule has 5 nitrogen and oxygen atoms in total. The number of nitrogens with one attached hydrogen (secondary N) is 3. The average Bonchev–Trinajstić information content (AvgIpc) is 2.51. The lowest BCUT2D eigenvalue weighted by atomic mass is 9.95. The Bertz CT molecular complexity index is 526. The van der Waals surface area contributed by atoms with Crippen molar-refractivity contribution in [2.24, 2.45) is 5.92 Å². The quantitative estimate of drug-likeness (QED) is 0.738. The number of fused-ring (bicyclic) bond motifs is 1. The predicted octanol–water partition coefficient (Wildman–Crippen LogP) is 2.27. The van der Waals surface area contributed by atoms with Gasteiger partial charge >= 0.3 is 0 Å². The smallest absolute Gasteiger partial charge is 0.233 e. The summed E-state index contributed by atoms with van der Waals surface area (Å²) in [6, 6.07) is 6.00. The fourth-order valence-electron chi connectivity index (χ4n) is 2.46. The molecule has 1 unspecified atom stereocenters. The summed E-state index contributed by atoms with van der Waals surface area (Å²) in [5.41, 5.74) is 2.43. The van der Waals surface area contributed by atoms with Crippen molar-refractivity contribution in [2.45, 2.75) is 33.2 Å². The van der Waals surface area contributed by atoms with Crippen LogP contribution in [0.1, 0.15) is 38.8 Å². The zero-order valence-electron chi connectivity index (χ0n) is 12.1. The van der Waals surface area contributed by atoms with Gasteiger partial charge in [-0.3, -0.25) is 9.59 Å². The molecule has 0 aromatic heterocycles. The number of anilines is 2. The van der Waals surface area contributed by atoms with Gasteiger partial charge in [-0.2, -0.15) is 0 Å². The van der Waals surface area contributed by atoms with E-state index in [1.165, 1.54) is 0 Å². The molecule has 3 N–H and O–H groups in total. The number of carbonyl (C=O) groups excluding carboxylic acids is 2. The lowest BCUT2D eigenvalue weighted by molar-refractivity contribution is -0.123. The van der Waals surface area contributed by atoms with E-state index in [9.17, 15) is 9.59 Å². The Morgan fingerprint density at radius 2 is 1.80 bits per heavy atom. The highest BCUT2D eigenvalue weighted by Gasteiger charge is 2.21. The van der Waals surface area contributed by atoms with Crippen molar-refractivity contribution in [2.75, 3.05) is 17.2 Å². The van der Waals surface area contributed by atoms with E-state index in [-0.39, 0.29) is 24.3 Å². The normalized spacial score (nSPS) is 16.2. The van der Waals surface area contributed by atoms with Crippen LogP contribution < -0.4 is 16.0 Å². The Hall–Kier alpha value is -1.88. The molecule has 0 saturated heterocycles. The van der Waals surface area contributed by atoms with E-state index in [2.05, 4.69) is 36.7 Å². The van der Waals surface area contributed by atoms with E-state index in [0.717, 1.165) is 12.1 Å². The van der Waals surface area contributed by atoms with Crippen LogP contribution in [-0.2, 0) is 9.59 Å². The zero-order valence-corrected chi connectivity index (χ0v) is 12.1. The number of rotatable bonds is 4. The fraction of sp³-hybridized carbons (Fsp3) is 0.467. The molecule has 0 radical (unpaired) electrons. The first-order chi connectivity index (χ1) is 9.51. The zero-order chi connectivity index (χ0) is 14.7. The van der Waals surface area contributed by atoms with Gasteiger partial charge in [0.05, 0.1) is 11.4 Å². The molecule has 1 atom stereocenters. The Balaban J connectivity index is 2.35. The van der Waals surface area contributed by atoms with Crippen LogP contribution in [0.3, 0.4) is 0 Å². The van der Waals surface area contributed by atoms with Crippen LogP contribution in [0.2, 0.25) is 0 Å². The standard InChI is InChI=1S/C15H21N3O2/c1-4-16-15(9(2)3)10-5-6-11-12(7-10)18-14(20)8-13(19)17-11/h5-7,9,15-16H,4,8H2,1-3H3,(H,17,19)(H,18,20). The fourth-order valence-corrected chi connectivity index (χ4v) is 2.46. The molecule has 0 spiro atoms. The molecule has 1 heterocycles.